The van der Waals surface area contributed by atoms with Gasteiger partial charge in [-0.3, -0.25) is 0 Å². The van der Waals surface area contributed by atoms with Gasteiger partial charge in [0.2, 0.25) is 0 Å². The average Bonchev–Trinajstić information content (AvgIpc) is 2.83. The lowest BCUT2D eigenvalue weighted by Crippen LogP contribution is -2.38. The van der Waals surface area contributed by atoms with E-state index in [0.717, 1.165) is 18.4 Å². The molecular formula is C9H12BF3NS-. The molecule has 0 radical (unpaired) electrons. The normalized spacial score (nSPS) is 17.3. The Morgan fingerprint density at radius 1 is 1.40 bits per heavy atom. The van der Waals surface area contributed by atoms with Gasteiger partial charge in [0.15, 0.2) is 0 Å². The van der Waals surface area contributed by atoms with Crippen LogP contribution in [-0.2, 0) is 6.54 Å². The third-order valence-corrected chi connectivity index (χ3v) is 3.20. The van der Waals surface area contributed by atoms with Crippen LogP contribution >= 0.6 is 11.3 Å². The van der Waals surface area contributed by atoms with Crippen molar-refractivity contribution in [3.8, 4) is 0 Å². The summed E-state index contributed by atoms with van der Waals surface area (Å²) in [6.07, 6.45) is 1.10. The van der Waals surface area contributed by atoms with Crippen LogP contribution in [0.5, 0.6) is 0 Å². The molecule has 0 amide bonds. The standard InChI is InChI=1S/C9H12BF3NS/c11-10(12,13)7-14(9-1-2-9)5-8-3-4-15-6-8/h3-4,6,9H,1-2,5,7H2/q-1. The summed E-state index contributed by atoms with van der Waals surface area (Å²) in [7, 11) is 0. The van der Waals surface area contributed by atoms with Crippen LogP contribution in [0.1, 0.15) is 18.4 Å². The van der Waals surface area contributed by atoms with Crippen LogP contribution in [0.4, 0.5) is 12.9 Å². The molecule has 84 valence electrons. The molecule has 0 unspecified atom stereocenters. The Bertz CT molecular complexity index is 308. The molecule has 0 N–H and O–H groups in total. The van der Waals surface area contributed by atoms with Gasteiger partial charge in [-0.2, -0.15) is 11.3 Å². The number of nitrogens with zero attached hydrogens (tertiary/aromatic N) is 1. The van der Waals surface area contributed by atoms with Gasteiger partial charge >= 0.3 is 6.98 Å². The Balaban J connectivity index is 1.95. The van der Waals surface area contributed by atoms with Gasteiger partial charge in [0.1, 0.15) is 0 Å². The van der Waals surface area contributed by atoms with Crippen LogP contribution in [-0.4, -0.2) is 24.4 Å². The molecule has 1 aliphatic carbocycles. The van der Waals surface area contributed by atoms with Gasteiger partial charge < -0.3 is 17.8 Å². The maximum atomic E-state index is 12.3. The summed E-state index contributed by atoms with van der Waals surface area (Å²) < 4.78 is 37.0. The maximum absolute atomic E-state index is 12.3. The second-order valence-electron chi connectivity index (χ2n) is 4.00. The number of hydrogen-bond acceptors (Lipinski definition) is 2. The van der Waals surface area contributed by atoms with Crippen LogP contribution in [0.3, 0.4) is 0 Å². The monoisotopic (exact) mass is 234 g/mol. The number of halogens is 3. The minimum atomic E-state index is -4.70. The van der Waals surface area contributed by atoms with Crippen LogP contribution in [0, 0.1) is 0 Å². The van der Waals surface area contributed by atoms with Gasteiger partial charge in [0, 0.05) is 12.6 Å². The van der Waals surface area contributed by atoms with E-state index < -0.39 is 13.4 Å². The van der Waals surface area contributed by atoms with Crippen LogP contribution in [0.25, 0.3) is 0 Å². The lowest BCUT2D eigenvalue weighted by molar-refractivity contribution is 0.261. The van der Waals surface area contributed by atoms with E-state index in [-0.39, 0.29) is 6.04 Å². The summed E-state index contributed by atoms with van der Waals surface area (Å²) in [5.41, 5.74) is 0.993. The Kier molecular flexibility index (Phi) is 3.07. The molecule has 0 atom stereocenters. The lowest BCUT2D eigenvalue weighted by atomic mass is 9.91. The molecule has 0 aliphatic heterocycles. The predicted octanol–water partition coefficient (Wildman–Crippen LogP) is 3.10. The number of hydrogen-bond donors (Lipinski definition) is 0. The largest absolute Gasteiger partial charge is 0.492 e. The van der Waals surface area contributed by atoms with Crippen molar-refractivity contribution in [2.24, 2.45) is 0 Å². The van der Waals surface area contributed by atoms with Gasteiger partial charge in [0.25, 0.3) is 0 Å². The molecule has 0 saturated heterocycles. The summed E-state index contributed by atoms with van der Waals surface area (Å²) >= 11 is 1.53. The first-order valence-electron chi connectivity index (χ1n) is 5.01. The van der Waals surface area contributed by atoms with E-state index in [1.54, 1.807) is 4.90 Å². The van der Waals surface area contributed by atoms with E-state index in [2.05, 4.69) is 0 Å². The van der Waals surface area contributed by atoms with E-state index in [1.807, 2.05) is 16.8 Å². The molecule has 2 rings (SSSR count). The van der Waals surface area contributed by atoms with Gasteiger partial charge in [-0.25, -0.2) is 0 Å². The molecule has 1 aromatic heterocycles. The third kappa shape index (κ3) is 3.54. The smallest absolute Gasteiger partial charge is 0.448 e. The lowest BCUT2D eigenvalue weighted by Gasteiger charge is -2.27. The summed E-state index contributed by atoms with van der Waals surface area (Å²) in [4.78, 5) is 1.56. The SMILES string of the molecule is F[B-](F)(F)CN(Cc1ccsc1)C1CC1. The summed E-state index contributed by atoms with van der Waals surface area (Å²) in [6.45, 7) is -4.26. The fourth-order valence-corrected chi connectivity index (χ4v) is 2.33. The van der Waals surface area contributed by atoms with Crippen LogP contribution < -0.4 is 0 Å². The van der Waals surface area contributed by atoms with Crippen molar-refractivity contribution in [1.82, 2.24) is 4.90 Å². The van der Waals surface area contributed by atoms with E-state index in [9.17, 15) is 12.9 Å². The molecule has 1 aromatic rings. The van der Waals surface area contributed by atoms with E-state index >= 15 is 0 Å². The van der Waals surface area contributed by atoms with Gasteiger partial charge in [-0.15, -0.1) is 0 Å². The van der Waals surface area contributed by atoms with Gasteiger partial charge in [-0.1, -0.05) is 0 Å². The van der Waals surface area contributed by atoms with Crippen molar-refractivity contribution in [3.63, 3.8) is 0 Å². The second kappa shape index (κ2) is 4.18. The van der Waals surface area contributed by atoms with Crippen LogP contribution in [0.15, 0.2) is 16.8 Å². The summed E-state index contributed by atoms with van der Waals surface area (Å²) in [5.74, 6) is 0. The van der Waals surface area contributed by atoms with E-state index in [1.165, 1.54) is 11.3 Å². The highest BCUT2D eigenvalue weighted by atomic mass is 32.1. The zero-order valence-electron chi connectivity index (χ0n) is 8.20. The topological polar surface area (TPSA) is 3.24 Å². The van der Waals surface area contributed by atoms with Gasteiger partial charge in [-0.05, 0) is 41.7 Å². The molecule has 15 heavy (non-hydrogen) atoms. The summed E-state index contributed by atoms with van der Waals surface area (Å²) in [5, 5.41) is 3.82. The quantitative estimate of drug-likeness (QED) is 0.707. The first-order chi connectivity index (χ1) is 7.04. The van der Waals surface area contributed by atoms with E-state index in [4.69, 9.17) is 0 Å². The Morgan fingerprint density at radius 2 is 2.13 bits per heavy atom. The first-order valence-corrected chi connectivity index (χ1v) is 5.95. The van der Waals surface area contributed by atoms with Crippen molar-refractivity contribution >= 4 is 18.3 Å². The average molecular weight is 234 g/mol. The van der Waals surface area contributed by atoms with Crippen molar-refractivity contribution in [2.75, 3.05) is 6.44 Å². The number of thiophene rings is 1. The Morgan fingerprint density at radius 3 is 2.60 bits per heavy atom. The first kappa shape index (κ1) is 11.0. The van der Waals surface area contributed by atoms with Crippen molar-refractivity contribution in [1.29, 1.82) is 0 Å². The molecule has 1 heterocycles. The Labute approximate surface area is 91.0 Å². The molecule has 0 aromatic carbocycles. The molecule has 1 aliphatic rings. The molecule has 1 nitrogen and oxygen atoms in total. The molecule has 1 saturated carbocycles. The Hall–Kier alpha value is -0.485. The molecule has 0 spiro atoms. The van der Waals surface area contributed by atoms with Crippen molar-refractivity contribution < 1.29 is 12.9 Å². The third-order valence-electron chi connectivity index (χ3n) is 2.47. The molecule has 6 heteroatoms. The number of rotatable bonds is 5. The van der Waals surface area contributed by atoms with Crippen molar-refractivity contribution in [2.45, 2.75) is 25.4 Å². The molecule has 0 bridgehead atoms. The minimum absolute atomic E-state index is 0.161. The highest BCUT2D eigenvalue weighted by Gasteiger charge is 2.34. The highest BCUT2D eigenvalue weighted by molar-refractivity contribution is 7.07. The van der Waals surface area contributed by atoms with E-state index in [0.29, 0.717) is 6.54 Å². The fourth-order valence-electron chi connectivity index (χ4n) is 1.67. The fraction of sp³-hybridized carbons (Fsp3) is 0.556. The summed E-state index contributed by atoms with van der Waals surface area (Å²) in [6, 6.07) is 2.05. The van der Waals surface area contributed by atoms with Crippen LogP contribution in [0.2, 0.25) is 0 Å². The van der Waals surface area contributed by atoms with Gasteiger partial charge in [0.05, 0.1) is 0 Å². The zero-order valence-corrected chi connectivity index (χ0v) is 9.02. The zero-order chi connectivity index (χ0) is 10.9. The molecular weight excluding hydrogens is 222 g/mol. The molecule has 1 fully saturated rings. The second-order valence-corrected chi connectivity index (χ2v) is 4.78. The predicted molar refractivity (Wildman–Crippen MR) is 56.8 cm³/mol. The maximum Gasteiger partial charge on any atom is 0.492 e. The van der Waals surface area contributed by atoms with Crippen molar-refractivity contribution in [3.05, 3.63) is 22.4 Å². The minimum Gasteiger partial charge on any atom is -0.448 e. The highest BCUT2D eigenvalue weighted by Crippen LogP contribution is 2.30.